The summed E-state index contributed by atoms with van der Waals surface area (Å²) in [6.07, 6.45) is 2.45. The van der Waals surface area contributed by atoms with E-state index in [0.717, 1.165) is 11.1 Å². The molecule has 2 atom stereocenters. The first-order valence-corrected chi connectivity index (χ1v) is 10.2. The number of likely N-dealkylation sites (tertiary alicyclic amines) is 1. The largest absolute Gasteiger partial charge is 0.339 e. The Bertz CT molecular complexity index is 924. The van der Waals surface area contributed by atoms with Crippen LogP contribution in [0.3, 0.4) is 0 Å². The van der Waals surface area contributed by atoms with E-state index in [4.69, 9.17) is 4.52 Å². The summed E-state index contributed by atoms with van der Waals surface area (Å²) in [4.78, 5) is 20.2. The van der Waals surface area contributed by atoms with E-state index in [9.17, 15) is 4.79 Å². The van der Waals surface area contributed by atoms with E-state index >= 15 is 0 Å². The third-order valence-corrected chi connectivity index (χ3v) is 5.79. The second-order valence-corrected chi connectivity index (χ2v) is 7.60. The molecule has 5 nitrogen and oxygen atoms in total. The first-order valence-electron chi connectivity index (χ1n) is 8.98. The van der Waals surface area contributed by atoms with Crippen molar-refractivity contribution in [3.05, 3.63) is 66.1 Å². The lowest BCUT2D eigenvalue weighted by molar-refractivity contribution is -0.129. The lowest BCUT2D eigenvalue weighted by atomic mass is 10.1. The Morgan fingerprint density at radius 3 is 2.59 bits per heavy atom. The van der Waals surface area contributed by atoms with Crippen molar-refractivity contribution in [2.45, 2.75) is 30.2 Å². The van der Waals surface area contributed by atoms with E-state index in [-0.39, 0.29) is 17.9 Å². The number of benzene rings is 2. The maximum atomic E-state index is 12.6. The number of hydrogen-bond acceptors (Lipinski definition) is 5. The first-order chi connectivity index (χ1) is 13.2. The number of carbonyl (C=O) groups excluding carboxylic acids is 1. The minimum absolute atomic E-state index is 0.0326. The zero-order valence-electron chi connectivity index (χ0n) is 15.3. The van der Waals surface area contributed by atoms with Crippen molar-refractivity contribution < 1.29 is 9.32 Å². The molecule has 2 heterocycles. The second kappa shape index (κ2) is 7.56. The SMILES string of the molecule is CSc1ccc(-c2noc(C3CC(=O)N(C(C)c4ccccc4)C3)n2)cc1. The van der Waals surface area contributed by atoms with E-state index in [0.29, 0.717) is 24.7 Å². The standard InChI is InChI=1S/C21H21N3O2S/c1-14(15-6-4-3-5-7-15)24-13-17(12-19(24)25)21-22-20(23-26-21)16-8-10-18(27-2)11-9-16/h3-11,14,17H,12-13H2,1-2H3. The second-order valence-electron chi connectivity index (χ2n) is 6.72. The summed E-state index contributed by atoms with van der Waals surface area (Å²) in [6.45, 7) is 2.66. The molecule has 1 aliphatic rings. The van der Waals surface area contributed by atoms with E-state index < -0.39 is 0 Å². The molecular weight excluding hydrogens is 358 g/mol. The fraction of sp³-hybridized carbons (Fsp3) is 0.286. The van der Waals surface area contributed by atoms with Crippen LogP contribution in [0, 0.1) is 0 Å². The van der Waals surface area contributed by atoms with E-state index in [1.807, 2.05) is 65.8 Å². The lowest BCUT2D eigenvalue weighted by Gasteiger charge is -2.24. The third-order valence-electron chi connectivity index (χ3n) is 5.05. The normalized spacial score (nSPS) is 18.1. The van der Waals surface area contributed by atoms with Gasteiger partial charge >= 0.3 is 0 Å². The zero-order valence-corrected chi connectivity index (χ0v) is 16.1. The van der Waals surface area contributed by atoms with Crippen molar-refractivity contribution in [1.29, 1.82) is 0 Å². The molecular formula is C21H21N3O2S. The van der Waals surface area contributed by atoms with Crippen LogP contribution in [0.15, 0.2) is 64.0 Å². The van der Waals surface area contributed by atoms with Crippen molar-refractivity contribution >= 4 is 17.7 Å². The first kappa shape index (κ1) is 17.8. The molecule has 0 bridgehead atoms. The summed E-state index contributed by atoms with van der Waals surface area (Å²) in [5.41, 5.74) is 2.05. The minimum Gasteiger partial charge on any atom is -0.339 e. The maximum absolute atomic E-state index is 12.6. The van der Waals surface area contributed by atoms with Gasteiger partial charge in [-0.3, -0.25) is 4.79 Å². The third kappa shape index (κ3) is 3.62. The van der Waals surface area contributed by atoms with Gasteiger partial charge in [-0.2, -0.15) is 4.98 Å². The van der Waals surface area contributed by atoms with Crippen LogP contribution < -0.4 is 0 Å². The molecule has 138 valence electrons. The Kier molecular flexibility index (Phi) is 4.99. The smallest absolute Gasteiger partial charge is 0.232 e. The van der Waals surface area contributed by atoms with E-state index in [1.165, 1.54) is 4.90 Å². The van der Waals surface area contributed by atoms with Gasteiger partial charge in [0.25, 0.3) is 0 Å². The molecule has 2 aromatic carbocycles. The number of aromatic nitrogens is 2. The Labute approximate surface area is 162 Å². The van der Waals surface area contributed by atoms with Crippen molar-refractivity contribution in [2.24, 2.45) is 0 Å². The molecule has 0 radical (unpaired) electrons. The van der Waals surface area contributed by atoms with Crippen molar-refractivity contribution in [3.8, 4) is 11.4 Å². The molecule has 4 rings (SSSR count). The summed E-state index contributed by atoms with van der Waals surface area (Å²) in [5.74, 6) is 1.17. The van der Waals surface area contributed by atoms with Gasteiger partial charge < -0.3 is 9.42 Å². The van der Waals surface area contributed by atoms with Crippen molar-refractivity contribution in [3.63, 3.8) is 0 Å². The molecule has 1 aromatic heterocycles. The lowest BCUT2D eigenvalue weighted by Crippen LogP contribution is -2.28. The van der Waals surface area contributed by atoms with Gasteiger partial charge in [-0.25, -0.2) is 0 Å². The predicted octanol–water partition coefficient (Wildman–Crippen LogP) is 4.54. The molecule has 27 heavy (non-hydrogen) atoms. The summed E-state index contributed by atoms with van der Waals surface area (Å²) in [6, 6.07) is 18.2. The van der Waals surface area contributed by atoms with Gasteiger partial charge in [0.15, 0.2) is 0 Å². The molecule has 1 amide bonds. The summed E-state index contributed by atoms with van der Waals surface area (Å²) in [5, 5.41) is 4.12. The van der Waals surface area contributed by atoms with Gasteiger partial charge in [-0.1, -0.05) is 35.5 Å². The molecule has 0 aliphatic carbocycles. The Morgan fingerprint density at radius 2 is 1.89 bits per heavy atom. The monoisotopic (exact) mass is 379 g/mol. The van der Waals surface area contributed by atoms with E-state index in [1.54, 1.807) is 11.8 Å². The van der Waals surface area contributed by atoms with Crippen LogP contribution in [0.25, 0.3) is 11.4 Å². The van der Waals surface area contributed by atoms with Crippen LogP contribution in [0.4, 0.5) is 0 Å². The minimum atomic E-state index is -0.0598. The molecule has 1 fully saturated rings. The fourth-order valence-corrected chi connectivity index (χ4v) is 3.85. The number of hydrogen-bond donors (Lipinski definition) is 0. The topological polar surface area (TPSA) is 59.2 Å². The van der Waals surface area contributed by atoms with Crippen molar-refractivity contribution in [2.75, 3.05) is 12.8 Å². The van der Waals surface area contributed by atoms with Crippen LogP contribution in [0.5, 0.6) is 0 Å². The number of thioether (sulfide) groups is 1. The fourth-order valence-electron chi connectivity index (χ4n) is 3.44. The Morgan fingerprint density at radius 1 is 1.15 bits per heavy atom. The number of rotatable bonds is 5. The van der Waals surface area contributed by atoms with E-state index in [2.05, 4.69) is 17.1 Å². The summed E-state index contributed by atoms with van der Waals surface area (Å²) < 4.78 is 5.50. The highest BCUT2D eigenvalue weighted by molar-refractivity contribution is 7.98. The summed E-state index contributed by atoms with van der Waals surface area (Å²) in [7, 11) is 0. The van der Waals surface area contributed by atoms with Gasteiger partial charge in [0.2, 0.25) is 17.6 Å². The maximum Gasteiger partial charge on any atom is 0.232 e. The Balaban J connectivity index is 1.50. The van der Waals surface area contributed by atoms with Crippen LogP contribution in [-0.2, 0) is 4.79 Å². The molecule has 1 aliphatic heterocycles. The quantitative estimate of drug-likeness (QED) is 0.609. The molecule has 2 unspecified atom stereocenters. The Hall–Kier alpha value is -2.60. The molecule has 1 saturated heterocycles. The highest BCUT2D eigenvalue weighted by atomic mass is 32.2. The van der Waals surface area contributed by atoms with Gasteiger partial charge in [0, 0.05) is 23.4 Å². The zero-order chi connectivity index (χ0) is 18.8. The molecule has 6 heteroatoms. The predicted molar refractivity (Wildman–Crippen MR) is 105 cm³/mol. The average Bonchev–Trinajstić information content (AvgIpc) is 3.35. The van der Waals surface area contributed by atoms with Crippen LogP contribution in [0.2, 0.25) is 0 Å². The van der Waals surface area contributed by atoms with Crippen molar-refractivity contribution in [1.82, 2.24) is 15.0 Å². The van der Waals surface area contributed by atoms with Gasteiger partial charge in [0.05, 0.1) is 12.0 Å². The van der Waals surface area contributed by atoms with Crippen LogP contribution in [-0.4, -0.2) is 33.7 Å². The van der Waals surface area contributed by atoms with Crippen LogP contribution in [0.1, 0.15) is 36.8 Å². The molecule has 0 spiro atoms. The van der Waals surface area contributed by atoms with Gasteiger partial charge in [-0.05, 0) is 43.0 Å². The number of amides is 1. The van der Waals surface area contributed by atoms with Crippen LogP contribution >= 0.6 is 11.8 Å². The van der Waals surface area contributed by atoms with Gasteiger partial charge in [-0.15, -0.1) is 11.8 Å². The number of carbonyl (C=O) groups is 1. The molecule has 3 aromatic rings. The highest BCUT2D eigenvalue weighted by Crippen LogP contribution is 2.34. The average molecular weight is 379 g/mol. The summed E-state index contributed by atoms with van der Waals surface area (Å²) >= 11 is 1.69. The molecule has 0 saturated carbocycles. The number of nitrogens with zero attached hydrogens (tertiary/aromatic N) is 3. The van der Waals surface area contributed by atoms with Gasteiger partial charge in [0.1, 0.15) is 0 Å². The highest BCUT2D eigenvalue weighted by Gasteiger charge is 2.37. The molecule has 0 N–H and O–H groups in total.